The van der Waals surface area contributed by atoms with Gasteiger partial charge in [-0.2, -0.15) is 5.10 Å². The molecule has 0 saturated carbocycles. The molecule has 3 rings (SSSR count). The minimum Gasteiger partial charge on any atom is -0.262 e. The van der Waals surface area contributed by atoms with Gasteiger partial charge in [0.25, 0.3) is 0 Å². The summed E-state index contributed by atoms with van der Waals surface area (Å²) in [6, 6.07) is 10.9. The number of rotatable bonds is 5. The van der Waals surface area contributed by atoms with Crippen molar-refractivity contribution in [2.24, 2.45) is 0 Å². The van der Waals surface area contributed by atoms with Crippen molar-refractivity contribution in [3.8, 4) is 5.69 Å². The third kappa shape index (κ3) is 4.07. The van der Waals surface area contributed by atoms with Crippen molar-refractivity contribution in [2.45, 2.75) is 25.3 Å². The van der Waals surface area contributed by atoms with Crippen LogP contribution in [0.15, 0.2) is 53.7 Å². The molecule has 130 valence electrons. The third-order valence-corrected chi connectivity index (χ3v) is 5.20. The Morgan fingerprint density at radius 2 is 1.96 bits per heavy atom. The van der Waals surface area contributed by atoms with Crippen LogP contribution in [0.5, 0.6) is 0 Å². The molecule has 0 spiro atoms. The number of nitrogens with zero attached hydrogens (tertiary/aromatic N) is 3. The molecule has 0 aliphatic heterocycles. The predicted molar refractivity (Wildman–Crippen MR) is 96.3 cm³/mol. The van der Waals surface area contributed by atoms with Gasteiger partial charge in [0, 0.05) is 24.6 Å². The first kappa shape index (κ1) is 17.6. The van der Waals surface area contributed by atoms with Gasteiger partial charge in [-0.3, -0.25) is 4.98 Å². The Balaban J connectivity index is 1.80. The fourth-order valence-corrected chi connectivity index (χ4v) is 3.73. The smallest absolute Gasteiger partial charge is 0.242 e. The number of halogens is 1. The van der Waals surface area contributed by atoms with Gasteiger partial charge in [0.1, 0.15) is 4.90 Å². The molecule has 0 atom stereocenters. The zero-order valence-corrected chi connectivity index (χ0v) is 15.3. The van der Waals surface area contributed by atoms with Crippen LogP contribution in [0.25, 0.3) is 5.69 Å². The van der Waals surface area contributed by atoms with Crippen molar-refractivity contribution in [3.63, 3.8) is 0 Å². The highest BCUT2D eigenvalue weighted by Crippen LogP contribution is 2.16. The van der Waals surface area contributed by atoms with Crippen molar-refractivity contribution in [3.05, 3.63) is 70.8 Å². The molecule has 0 amide bonds. The third-order valence-electron chi connectivity index (χ3n) is 3.62. The summed E-state index contributed by atoms with van der Waals surface area (Å²) >= 11 is 5.81. The molecule has 0 bridgehead atoms. The maximum Gasteiger partial charge on any atom is 0.242 e. The highest BCUT2D eigenvalue weighted by atomic mass is 35.5. The first-order valence-electron chi connectivity index (χ1n) is 7.58. The Bertz CT molecular complexity index is 1010. The molecule has 0 fully saturated rings. The number of pyridine rings is 1. The summed E-state index contributed by atoms with van der Waals surface area (Å²) < 4.78 is 29.1. The lowest BCUT2D eigenvalue weighted by Crippen LogP contribution is -2.23. The summed E-state index contributed by atoms with van der Waals surface area (Å²) in [5.74, 6) is 0. The number of hydrogen-bond donors (Lipinski definition) is 1. The van der Waals surface area contributed by atoms with E-state index in [2.05, 4.69) is 14.8 Å². The topological polar surface area (TPSA) is 76.9 Å². The van der Waals surface area contributed by atoms with Gasteiger partial charge in [-0.25, -0.2) is 17.8 Å². The summed E-state index contributed by atoms with van der Waals surface area (Å²) in [6.45, 7) is 4.06. The van der Waals surface area contributed by atoms with Gasteiger partial charge in [0.2, 0.25) is 10.0 Å². The van der Waals surface area contributed by atoms with E-state index in [1.807, 2.05) is 48.9 Å². The molecule has 1 aromatic carbocycles. The van der Waals surface area contributed by atoms with Crippen molar-refractivity contribution in [2.75, 3.05) is 0 Å². The average molecular weight is 377 g/mol. The number of aryl methyl sites for hydroxylation is 2. The minimum absolute atomic E-state index is 0.0368. The Morgan fingerprint density at radius 1 is 1.16 bits per heavy atom. The van der Waals surface area contributed by atoms with Crippen LogP contribution in [0.3, 0.4) is 0 Å². The van der Waals surface area contributed by atoms with Crippen LogP contribution in [0.2, 0.25) is 5.02 Å². The maximum atomic E-state index is 12.3. The normalized spacial score (nSPS) is 11.6. The van der Waals surface area contributed by atoms with Crippen LogP contribution >= 0.6 is 11.6 Å². The van der Waals surface area contributed by atoms with Crippen LogP contribution in [0, 0.1) is 13.8 Å². The lowest BCUT2D eigenvalue weighted by molar-refractivity contribution is 0.581. The minimum atomic E-state index is -3.68. The number of sulfonamides is 1. The lowest BCUT2D eigenvalue weighted by Gasteiger charge is -2.09. The summed E-state index contributed by atoms with van der Waals surface area (Å²) in [4.78, 5) is 3.85. The summed E-state index contributed by atoms with van der Waals surface area (Å²) in [5, 5.41) is 4.72. The molecule has 6 nitrogen and oxygen atoms in total. The van der Waals surface area contributed by atoms with Gasteiger partial charge >= 0.3 is 0 Å². The monoisotopic (exact) mass is 376 g/mol. The Labute approximate surface area is 151 Å². The van der Waals surface area contributed by atoms with E-state index in [-0.39, 0.29) is 16.5 Å². The van der Waals surface area contributed by atoms with Crippen LogP contribution in [-0.2, 0) is 16.6 Å². The van der Waals surface area contributed by atoms with E-state index in [1.54, 1.807) is 0 Å². The molecule has 0 unspecified atom stereocenters. The Morgan fingerprint density at radius 3 is 2.64 bits per heavy atom. The van der Waals surface area contributed by atoms with Crippen molar-refractivity contribution >= 4 is 21.6 Å². The highest BCUT2D eigenvalue weighted by Gasteiger charge is 2.15. The number of aromatic nitrogens is 3. The molecule has 25 heavy (non-hydrogen) atoms. The van der Waals surface area contributed by atoms with E-state index in [0.29, 0.717) is 0 Å². The SMILES string of the molecule is Cc1cc(C)n(-c2cccc(CNS(=O)(=O)c3cncc(Cl)c3)c2)n1. The van der Waals surface area contributed by atoms with E-state index in [0.717, 1.165) is 22.6 Å². The predicted octanol–water partition coefficient (Wildman–Crippen LogP) is 3.02. The largest absolute Gasteiger partial charge is 0.262 e. The fourth-order valence-electron chi connectivity index (χ4n) is 2.49. The van der Waals surface area contributed by atoms with Crippen LogP contribution in [-0.4, -0.2) is 23.2 Å². The quantitative estimate of drug-likeness (QED) is 0.742. The zero-order valence-electron chi connectivity index (χ0n) is 13.8. The van der Waals surface area contributed by atoms with Gasteiger partial charge in [-0.15, -0.1) is 0 Å². The summed E-state index contributed by atoms with van der Waals surface area (Å²) in [7, 11) is -3.68. The van der Waals surface area contributed by atoms with Crippen LogP contribution < -0.4 is 4.72 Å². The fraction of sp³-hybridized carbons (Fsp3) is 0.176. The summed E-state index contributed by atoms with van der Waals surface area (Å²) in [6.07, 6.45) is 2.65. The molecule has 1 N–H and O–H groups in total. The summed E-state index contributed by atoms with van der Waals surface area (Å²) in [5.41, 5.74) is 3.65. The second kappa shape index (κ2) is 6.95. The molecule has 0 aliphatic rings. The van der Waals surface area contributed by atoms with Gasteiger partial charge in [0.05, 0.1) is 16.4 Å². The van der Waals surface area contributed by atoms with Gasteiger partial charge in [0.15, 0.2) is 0 Å². The van der Waals surface area contributed by atoms with Crippen molar-refractivity contribution in [1.29, 1.82) is 0 Å². The molecule has 0 saturated heterocycles. The molecule has 2 heterocycles. The Hall–Kier alpha value is -2.22. The van der Waals surface area contributed by atoms with E-state index < -0.39 is 10.0 Å². The second-order valence-electron chi connectivity index (χ2n) is 5.67. The molecule has 0 radical (unpaired) electrons. The van der Waals surface area contributed by atoms with Crippen LogP contribution in [0.1, 0.15) is 17.0 Å². The number of hydrogen-bond acceptors (Lipinski definition) is 4. The number of nitrogens with one attached hydrogen (secondary N) is 1. The maximum absolute atomic E-state index is 12.3. The van der Waals surface area contributed by atoms with E-state index in [4.69, 9.17) is 11.6 Å². The van der Waals surface area contributed by atoms with E-state index in [9.17, 15) is 8.42 Å². The lowest BCUT2D eigenvalue weighted by atomic mass is 10.2. The van der Waals surface area contributed by atoms with Gasteiger partial charge in [-0.1, -0.05) is 23.7 Å². The number of benzene rings is 1. The Kier molecular flexibility index (Phi) is 4.89. The molecule has 8 heteroatoms. The van der Waals surface area contributed by atoms with Gasteiger partial charge < -0.3 is 0 Å². The first-order valence-corrected chi connectivity index (χ1v) is 9.44. The standard InChI is InChI=1S/C17H17ClN4O2S/c1-12-6-13(2)22(21-12)16-5-3-4-14(7-16)9-20-25(23,24)17-8-15(18)10-19-11-17/h3-8,10-11,20H,9H2,1-2H3. The molecule has 2 aromatic heterocycles. The average Bonchev–Trinajstić information content (AvgIpc) is 2.92. The molecular weight excluding hydrogens is 360 g/mol. The van der Waals surface area contributed by atoms with E-state index in [1.165, 1.54) is 18.5 Å². The molecule has 0 aliphatic carbocycles. The van der Waals surface area contributed by atoms with Gasteiger partial charge in [-0.05, 0) is 43.7 Å². The zero-order chi connectivity index (χ0) is 18.0. The van der Waals surface area contributed by atoms with Crippen molar-refractivity contribution < 1.29 is 8.42 Å². The van der Waals surface area contributed by atoms with Crippen LogP contribution in [0.4, 0.5) is 0 Å². The van der Waals surface area contributed by atoms with Crippen molar-refractivity contribution in [1.82, 2.24) is 19.5 Å². The highest BCUT2D eigenvalue weighted by molar-refractivity contribution is 7.89. The second-order valence-corrected chi connectivity index (χ2v) is 7.88. The molecule has 3 aromatic rings. The first-order chi connectivity index (χ1) is 11.8. The van der Waals surface area contributed by atoms with E-state index >= 15 is 0 Å². The molecular formula is C17H17ClN4O2S.